The van der Waals surface area contributed by atoms with E-state index in [0.29, 0.717) is 0 Å². The van der Waals surface area contributed by atoms with E-state index in [2.05, 4.69) is 0 Å². The molecule has 0 aliphatic heterocycles. The average molecular weight is 257 g/mol. The Morgan fingerprint density at radius 2 is 1.41 bits per heavy atom. The molecule has 0 spiro atoms. The molecule has 0 aromatic carbocycles. The normalized spacial score (nSPS) is 13.2. The van der Waals surface area contributed by atoms with Gasteiger partial charge in [0.1, 0.15) is 6.10 Å². The van der Waals surface area contributed by atoms with Crippen LogP contribution in [0.3, 0.4) is 0 Å². The highest BCUT2D eigenvalue weighted by Gasteiger charge is 2.35. The van der Waals surface area contributed by atoms with E-state index in [9.17, 15) is 0 Å². The number of rotatable bonds is 10. The van der Waals surface area contributed by atoms with Crippen LogP contribution in [0.5, 0.6) is 0 Å². The summed E-state index contributed by atoms with van der Waals surface area (Å²) < 4.78 is 15.4. The van der Waals surface area contributed by atoms with E-state index >= 15 is 0 Å². The summed E-state index contributed by atoms with van der Waals surface area (Å²) in [6.45, 7) is 1.17. The molecule has 0 fully saturated rings. The van der Waals surface area contributed by atoms with Gasteiger partial charge in [-0.15, -0.1) is 0 Å². The van der Waals surface area contributed by atoms with Gasteiger partial charge in [0.25, 0.3) is 5.91 Å². The first-order valence-corrected chi connectivity index (χ1v) is 5.11. The highest BCUT2D eigenvalue weighted by atomic mass is 16.7. The topological polar surface area (TPSA) is 146 Å². The van der Waals surface area contributed by atoms with Crippen LogP contribution >= 0.6 is 0 Å². The second-order valence-corrected chi connectivity index (χ2v) is 3.10. The minimum absolute atomic E-state index is 0. The fourth-order valence-electron chi connectivity index (χ4n) is 1.03. The standard InChI is InChI=1S/C9H21NO6.H2O/c1-8(14-5-2-11)9(10,15-6-3-12)16-7-4-13;/h8,11-13H,2-7,10H2,1H3;1H2. The van der Waals surface area contributed by atoms with E-state index in [1.807, 2.05) is 0 Å². The van der Waals surface area contributed by atoms with Crippen molar-refractivity contribution >= 4 is 0 Å². The third kappa shape index (κ3) is 7.58. The van der Waals surface area contributed by atoms with E-state index in [-0.39, 0.29) is 45.1 Å². The molecule has 17 heavy (non-hydrogen) atoms. The molecule has 0 aromatic heterocycles. The van der Waals surface area contributed by atoms with E-state index in [4.69, 9.17) is 35.3 Å². The SMILES string of the molecule is CC(OCCO)C(N)(OCCO)OCCO.O. The summed E-state index contributed by atoms with van der Waals surface area (Å²) in [7, 11) is 0. The summed E-state index contributed by atoms with van der Waals surface area (Å²) in [4.78, 5) is 0. The number of aliphatic hydroxyl groups is 3. The second-order valence-electron chi connectivity index (χ2n) is 3.10. The fraction of sp³-hybridized carbons (Fsp3) is 1.00. The van der Waals surface area contributed by atoms with Crippen LogP contribution < -0.4 is 5.73 Å². The van der Waals surface area contributed by atoms with Gasteiger partial charge < -0.3 is 35.0 Å². The Labute approximate surface area is 100 Å². The molecule has 8 nitrogen and oxygen atoms in total. The molecule has 0 radical (unpaired) electrons. The Morgan fingerprint density at radius 1 is 1.00 bits per heavy atom. The summed E-state index contributed by atoms with van der Waals surface area (Å²) in [6, 6.07) is 0. The molecule has 0 rings (SSSR count). The molecule has 7 N–H and O–H groups in total. The van der Waals surface area contributed by atoms with E-state index in [1.54, 1.807) is 6.92 Å². The van der Waals surface area contributed by atoms with Crippen LogP contribution in [-0.4, -0.2) is 72.5 Å². The maximum absolute atomic E-state index is 8.65. The highest BCUT2D eigenvalue weighted by molar-refractivity contribution is 4.70. The molecule has 0 saturated heterocycles. The van der Waals surface area contributed by atoms with Crippen molar-refractivity contribution in [1.29, 1.82) is 0 Å². The van der Waals surface area contributed by atoms with Crippen LogP contribution in [0, 0.1) is 0 Å². The molecule has 0 bridgehead atoms. The molecule has 0 aliphatic carbocycles. The molecule has 0 amide bonds. The first-order valence-electron chi connectivity index (χ1n) is 5.11. The summed E-state index contributed by atoms with van der Waals surface area (Å²) in [5.74, 6) is -1.54. The zero-order chi connectivity index (χ0) is 12.4. The maximum Gasteiger partial charge on any atom is 0.252 e. The van der Waals surface area contributed by atoms with Crippen molar-refractivity contribution in [2.24, 2.45) is 5.73 Å². The number of hydrogen-bond acceptors (Lipinski definition) is 7. The molecular formula is C9H23NO7. The zero-order valence-corrected chi connectivity index (χ0v) is 9.96. The van der Waals surface area contributed by atoms with E-state index in [1.165, 1.54) is 0 Å². The molecule has 1 atom stereocenters. The van der Waals surface area contributed by atoms with Crippen LogP contribution in [-0.2, 0) is 14.2 Å². The van der Waals surface area contributed by atoms with E-state index < -0.39 is 12.0 Å². The van der Waals surface area contributed by atoms with Crippen molar-refractivity contribution < 1.29 is 35.0 Å². The summed E-state index contributed by atoms with van der Waals surface area (Å²) >= 11 is 0. The van der Waals surface area contributed by atoms with Crippen molar-refractivity contribution in [2.45, 2.75) is 18.9 Å². The Hall–Kier alpha value is -0.320. The predicted octanol–water partition coefficient (Wildman–Crippen LogP) is -2.81. The van der Waals surface area contributed by atoms with Gasteiger partial charge >= 0.3 is 0 Å². The van der Waals surface area contributed by atoms with Crippen LogP contribution in [0.1, 0.15) is 6.92 Å². The Bertz CT molecular complexity index is 161. The molecule has 0 aliphatic rings. The highest BCUT2D eigenvalue weighted by Crippen LogP contribution is 2.14. The number of nitrogens with two attached hydrogens (primary N) is 1. The fourth-order valence-corrected chi connectivity index (χ4v) is 1.03. The largest absolute Gasteiger partial charge is 0.412 e. The van der Waals surface area contributed by atoms with Crippen LogP contribution in [0.2, 0.25) is 0 Å². The Balaban J connectivity index is 0. The quantitative estimate of drug-likeness (QED) is 0.309. The molecule has 1 unspecified atom stereocenters. The van der Waals surface area contributed by atoms with Gasteiger partial charge in [-0.3, -0.25) is 5.73 Å². The predicted molar refractivity (Wildman–Crippen MR) is 59.1 cm³/mol. The Kier molecular flexibility index (Phi) is 12.1. The van der Waals surface area contributed by atoms with Gasteiger partial charge in [0, 0.05) is 0 Å². The molecule has 8 heteroatoms. The van der Waals surface area contributed by atoms with Crippen molar-refractivity contribution in [3.05, 3.63) is 0 Å². The lowest BCUT2D eigenvalue weighted by molar-refractivity contribution is -0.290. The van der Waals surface area contributed by atoms with Crippen molar-refractivity contribution in [3.8, 4) is 0 Å². The van der Waals surface area contributed by atoms with Gasteiger partial charge in [-0.25, -0.2) is 0 Å². The number of hydrogen-bond donors (Lipinski definition) is 4. The molecule has 0 heterocycles. The molecular weight excluding hydrogens is 234 g/mol. The van der Waals surface area contributed by atoms with Gasteiger partial charge in [0.15, 0.2) is 0 Å². The number of aliphatic hydroxyl groups excluding tert-OH is 3. The third-order valence-electron chi connectivity index (χ3n) is 1.86. The van der Waals surface area contributed by atoms with Gasteiger partial charge in [-0.1, -0.05) is 0 Å². The van der Waals surface area contributed by atoms with E-state index in [0.717, 1.165) is 0 Å². The Morgan fingerprint density at radius 3 is 1.76 bits per heavy atom. The van der Waals surface area contributed by atoms with Gasteiger partial charge in [0.05, 0.1) is 39.6 Å². The van der Waals surface area contributed by atoms with Crippen molar-refractivity contribution in [1.82, 2.24) is 0 Å². The lowest BCUT2D eigenvalue weighted by Crippen LogP contribution is -2.56. The summed E-state index contributed by atoms with van der Waals surface area (Å²) in [5.41, 5.74) is 5.78. The van der Waals surface area contributed by atoms with Crippen molar-refractivity contribution in [2.75, 3.05) is 39.6 Å². The average Bonchev–Trinajstić information content (AvgIpc) is 2.30. The lowest BCUT2D eigenvalue weighted by atomic mass is 10.3. The smallest absolute Gasteiger partial charge is 0.252 e. The zero-order valence-electron chi connectivity index (χ0n) is 9.96. The van der Waals surface area contributed by atoms with Crippen LogP contribution in [0.15, 0.2) is 0 Å². The van der Waals surface area contributed by atoms with Crippen LogP contribution in [0.4, 0.5) is 0 Å². The molecule has 0 saturated carbocycles. The minimum Gasteiger partial charge on any atom is -0.412 e. The van der Waals surface area contributed by atoms with Gasteiger partial charge in [-0.05, 0) is 6.92 Å². The van der Waals surface area contributed by atoms with Gasteiger partial charge in [-0.2, -0.15) is 0 Å². The minimum atomic E-state index is -1.54. The number of ether oxygens (including phenoxy) is 3. The first-order chi connectivity index (χ1) is 7.60. The van der Waals surface area contributed by atoms with Gasteiger partial charge in [0.2, 0.25) is 0 Å². The monoisotopic (exact) mass is 257 g/mol. The maximum atomic E-state index is 8.65. The summed E-state index contributed by atoms with van der Waals surface area (Å²) in [5, 5.41) is 25.9. The van der Waals surface area contributed by atoms with Crippen molar-refractivity contribution in [3.63, 3.8) is 0 Å². The second kappa shape index (κ2) is 10.8. The van der Waals surface area contributed by atoms with Crippen LogP contribution in [0.25, 0.3) is 0 Å². The first kappa shape index (κ1) is 19.0. The lowest BCUT2D eigenvalue weighted by Gasteiger charge is -2.34. The molecule has 106 valence electrons. The third-order valence-corrected chi connectivity index (χ3v) is 1.86. The summed E-state index contributed by atoms with van der Waals surface area (Å²) in [6.07, 6.45) is -0.641. The molecule has 0 aromatic rings.